The van der Waals surface area contributed by atoms with E-state index in [2.05, 4.69) is 15.5 Å². The third-order valence-corrected chi connectivity index (χ3v) is 3.97. The molecule has 6 nitrogen and oxygen atoms in total. The second-order valence-corrected chi connectivity index (χ2v) is 5.74. The fourth-order valence-electron chi connectivity index (χ4n) is 2.67. The SMILES string of the molecule is CCOCCOc1ccccc1C(=O)NCCCN1CCNCC1. The number of carbonyl (C=O) groups is 1. The quantitative estimate of drug-likeness (QED) is 0.628. The van der Waals surface area contributed by atoms with Crippen molar-refractivity contribution in [1.82, 2.24) is 15.5 Å². The van der Waals surface area contributed by atoms with Crippen molar-refractivity contribution in [3.05, 3.63) is 29.8 Å². The largest absolute Gasteiger partial charge is 0.490 e. The van der Waals surface area contributed by atoms with E-state index in [0.717, 1.165) is 39.1 Å². The predicted molar refractivity (Wildman–Crippen MR) is 94.7 cm³/mol. The van der Waals surface area contributed by atoms with Crippen LogP contribution in [0.4, 0.5) is 0 Å². The van der Waals surface area contributed by atoms with Crippen molar-refractivity contribution in [1.29, 1.82) is 0 Å². The van der Waals surface area contributed by atoms with Crippen LogP contribution >= 0.6 is 0 Å². The third-order valence-electron chi connectivity index (χ3n) is 3.97. The molecule has 1 amide bonds. The second-order valence-electron chi connectivity index (χ2n) is 5.74. The van der Waals surface area contributed by atoms with Crippen molar-refractivity contribution in [2.24, 2.45) is 0 Å². The van der Waals surface area contributed by atoms with Gasteiger partial charge in [-0.05, 0) is 32.0 Å². The highest BCUT2D eigenvalue weighted by atomic mass is 16.5. The Balaban J connectivity index is 1.72. The van der Waals surface area contributed by atoms with E-state index < -0.39 is 0 Å². The van der Waals surface area contributed by atoms with Crippen LogP contribution in [0.25, 0.3) is 0 Å². The van der Waals surface area contributed by atoms with Crippen molar-refractivity contribution in [3.63, 3.8) is 0 Å². The number of hydrogen-bond acceptors (Lipinski definition) is 5. The van der Waals surface area contributed by atoms with Crippen LogP contribution < -0.4 is 15.4 Å². The lowest BCUT2D eigenvalue weighted by atomic mass is 10.2. The summed E-state index contributed by atoms with van der Waals surface area (Å²) >= 11 is 0. The summed E-state index contributed by atoms with van der Waals surface area (Å²) in [5, 5.41) is 6.33. The van der Waals surface area contributed by atoms with Gasteiger partial charge in [0.15, 0.2) is 0 Å². The Hall–Kier alpha value is -1.63. The van der Waals surface area contributed by atoms with Crippen LogP contribution in [-0.4, -0.2) is 69.9 Å². The van der Waals surface area contributed by atoms with Crippen LogP contribution in [0.15, 0.2) is 24.3 Å². The lowest BCUT2D eigenvalue weighted by Gasteiger charge is -2.27. The molecule has 0 spiro atoms. The van der Waals surface area contributed by atoms with Gasteiger partial charge >= 0.3 is 0 Å². The molecule has 0 radical (unpaired) electrons. The molecule has 1 aliphatic heterocycles. The molecule has 2 N–H and O–H groups in total. The lowest BCUT2D eigenvalue weighted by Crippen LogP contribution is -2.44. The molecule has 1 aliphatic rings. The summed E-state index contributed by atoms with van der Waals surface area (Å²) in [6.45, 7) is 9.57. The first-order valence-electron chi connectivity index (χ1n) is 8.82. The maximum atomic E-state index is 12.4. The maximum absolute atomic E-state index is 12.4. The first-order chi connectivity index (χ1) is 11.8. The number of para-hydroxylation sites is 1. The molecule has 1 aromatic carbocycles. The molecule has 6 heteroatoms. The van der Waals surface area contributed by atoms with Crippen molar-refractivity contribution >= 4 is 5.91 Å². The fraction of sp³-hybridized carbons (Fsp3) is 0.611. The van der Waals surface area contributed by atoms with Gasteiger partial charge in [-0.25, -0.2) is 0 Å². The summed E-state index contributed by atoms with van der Waals surface area (Å²) < 4.78 is 10.9. The van der Waals surface area contributed by atoms with Crippen molar-refractivity contribution in [2.45, 2.75) is 13.3 Å². The van der Waals surface area contributed by atoms with Gasteiger partial charge in [-0.2, -0.15) is 0 Å². The molecule has 0 unspecified atom stereocenters. The molecule has 0 aromatic heterocycles. The van der Waals surface area contributed by atoms with Gasteiger partial charge in [-0.1, -0.05) is 12.1 Å². The van der Waals surface area contributed by atoms with Gasteiger partial charge in [0.25, 0.3) is 5.91 Å². The molecule has 1 aromatic rings. The first-order valence-corrected chi connectivity index (χ1v) is 8.82. The number of piperazine rings is 1. The van der Waals surface area contributed by atoms with Crippen LogP contribution in [0.1, 0.15) is 23.7 Å². The topological polar surface area (TPSA) is 62.8 Å². The second kappa shape index (κ2) is 11.0. The van der Waals surface area contributed by atoms with Gasteiger partial charge < -0.3 is 25.0 Å². The number of nitrogens with one attached hydrogen (secondary N) is 2. The summed E-state index contributed by atoms with van der Waals surface area (Å²) in [6.07, 6.45) is 0.957. The number of benzene rings is 1. The average Bonchev–Trinajstić information content (AvgIpc) is 2.63. The molecule has 1 saturated heterocycles. The number of hydrogen-bond donors (Lipinski definition) is 2. The summed E-state index contributed by atoms with van der Waals surface area (Å²) in [6, 6.07) is 7.34. The minimum absolute atomic E-state index is 0.0812. The monoisotopic (exact) mass is 335 g/mol. The zero-order valence-corrected chi connectivity index (χ0v) is 14.6. The zero-order chi connectivity index (χ0) is 17.0. The van der Waals surface area contributed by atoms with Crippen molar-refractivity contribution in [2.75, 3.05) is 59.1 Å². The highest BCUT2D eigenvalue weighted by Crippen LogP contribution is 2.17. The Bertz CT molecular complexity index is 490. The standard InChI is InChI=1S/C18H29N3O3/c1-2-23-14-15-24-17-7-4-3-6-16(17)18(22)20-8-5-11-21-12-9-19-10-13-21/h3-4,6-7,19H,2,5,8-15H2,1H3,(H,20,22). The molecular weight excluding hydrogens is 306 g/mol. The van der Waals surface area contributed by atoms with E-state index in [1.807, 2.05) is 25.1 Å². The molecular formula is C18H29N3O3. The molecule has 24 heavy (non-hydrogen) atoms. The highest BCUT2D eigenvalue weighted by Gasteiger charge is 2.12. The number of nitrogens with zero attached hydrogens (tertiary/aromatic N) is 1. The first kappa shape index (κ1) is 18.7. The molecule has 0 bridgehead atoms. The van der Waals surface area contributed by atoms with Crippen LogP contribution in [0.3, 0.4) is 0 Å². The average molecular weight is 335 g/mol. The third kappa shape index (κ3) is 6.47. The van der Waals surface area contributed by atoms with Crippen LogP contribution in [0.5, 0.6) is 5.75 Å². The van der Waals surface area contributed by atoms with E-state index in [4.69, 9.17) is 9.47 Å². The number of amides is 1. The van der Waals surface area contributed by atoms with Gasteiger partial charge in [0.1, 0.15) is 12.4 Å². The van der Waals surface area contributed by atoms with Gasteiger partial charge in [0.2, 0.25) is 0 Å². The molecule has 2 rings (SSSR count). The summed E-state index contributed by atoms with van der Waals surface area (Å²) in [4.78, 5) is 14.8. The van der Waals surface area contributed by atoms with E-state index >= 15 is 0 Å². The van der Waals surface area contributed by atoms with Gasteiger partial charge in [0.05, 0.1) is 12.2 Å². The number of carbonyl (C=O) groups excluding carboxylic acids is 1. The Kier molecular flexibility index (Phi) is 8.59. The van der Waals surface area contributed by atoms with Crippen LogP contribution in [0.2, 0.25) is 0 Å². The predicted octanol–water partition coefficient (Wildman–Crippen LogP) is 1.13. The number of rotatable bonds is 10. The van der Waals surface area contributed by atoms with E-state index in [-0.39, 0.29) is 5.91 Å². The van der Waals surface area contributed by atoms with Gasteiger partial charge in [-0.15, -0.1) is 0 Å². The van der Waals surface area contributed by atoms with Crippen molar-refractivity contribution in [3.8, 4) is 5.75 Å². The van der Waals surface area contributed by atoms with E-state index in [1.165, 1.54) is 0 Å². The summed E-state index contributed by atoms with van der Waals surface area (Å²) in [7, 11) is 0. The summed E-state index contributed by atoms with van der Waals surface area (Å²) in [5.41, 5.74) is 0.580. The molecule has 1 heterocycles. The van der Waals surface area contributed by atoms with E-state index in [1.54, 1.807) is 6.07 Å². The highest BCUT2D eigenvalue weighted by molar-refractivity contribution is 5.96. The Labute approximate surface area is 144 Å². The molecule has 134 valence electrons. The summed E-state index contributed by atoms with van der Waals surface area (Å²) in [5.74, 6) is 0.527. The normalized spacial score (nSPS) is 15.2. The molecule has 1 fully saturated rings. The van der Waals surface area contributed by atoms with E-state index in [0.29, 0.717) is 37.7 Å². The fourth-order valence-corrected chi connectivity index (χ4v) is 2.67. The minimum Gasteiger partial charge on any atom is -0.490 e. The van der Waals surface area contributed by atoms with Gasteiger partial charge in [0, 0.05) is 39.3 Å². The minimum atomic E-state index is -0.0812. The lowest BCUT2D eigenvalue weighted by molar-refractivity contribution is 0.0934. The Morgan fingerprint density at radius 3 is 2.83 bits per heavy atom. The van der Waals surface area contributed by atoms with Crippen LogP contribution in [0, 0.1) is 0 Å². The van der Waals surface area contributed by atoms with E-state index in [9.17, 15) is 4.79 Å². The van der Waals surface area contributed by atoms with Gasteiger partial charge in [-0.3, -0.25) is 4.79 Å². The maximum Gasteiger partial charge on any atom is 0.255 e. The molecule has 0 aliphatic carbocycles. The van der Waals surface area contributed by atoms with Crippen molar-refractivity contribution < 1.29 is 14.3 Å². The Morgan fingerprint density at radius 2 is 2.04 bits per heavy atom. The Morgan fingerprint density at radius 1 is 1.25 bits per heavy atom. The molecule has 0 atom stereocenters. The van der Waals surface area contributed by atoms with Crippen LogP contribution in [-0.2, 0) is 4.74 Å². The smallest absolute Gasteiger partial charge is 0.255 e. The number of ether oxygens (including phenoxy) is 2. The zero-order valence-electron chi connectivity index (χ0n) is 14.6. The molecule has 0 saturated carbocycles.